The number of carbonyl (C=O) groups is 2. The Hall–Kier alpha value is -2.82. The van der Waals surface area contributed by atoms with Gasteiger partial charge in [0.25, 0.3) is 0 Å². The molecule has 5 heteroatoms. The number of rotatable bonds is 7. The number of nitrogens with one attached hydrogen (secondary N) is 1. The minimum atomic E-state index is -0.155. The lowest BCUT2D eigenvalue weighted by Gasteiger charge is -2.35. The molecule has 1 N–H and O–H groups in total. The monoisotopic (exact) mass is 407 g/mol. The van der Waals surface area contributed by atoms with Gasteiger partial charge in [0.15, 0.2) is 0 Å². The van der Waals surface area contributed by atoms with E-state index in [4.69, 9.17) is 0 Å². The minimum Gasteiger partial charge on any atom is -0.343 e. The number of urea groups is 1. The van der Waals surface area contributed by atoms with Gasteiger partial charge in [-0.05, 0) is 42.7 Å². The number of nitrogens with zero attached hydrogens (tertiary/aromatic N) is 2. The van der Waals surface area contributed by atoms with Crippen LogP contribution in [0.5, 0.6) is 0 Å². The Morgan fingerprint density at radius 2 is 1.50 bits per heavy atom. The molecule has 1 fully saturated rings. The molecule has 1 aliphatic carbocycles. The molecule has 30 heavy (non-hydrogen) atoms. The molecular formula is C25H33N3O2. The molecule has 3 rings (SSSR count). The van der Waals surface area contributed by atoms with Gasteiger partial charge in [-0.25, -0.2) is 4.79 Å². The Morgan fingerprint density at radius 1 is 0.900 bits per heavy atom. The van der Waals surface area contributed by atoms with Crippen LogP contribution in [0.15, 0.2) is 60.7 Å². The third-order valence-electron chi connectivity index (χ3n) is 6.13. The lowest BCUT2D eigenvalue weighted by atomic mass is 9.81. The van der Waals surface area contributed by atoms with Crippen LogP contribution in [0.2, 0.25) is 0 Å². The fourth-order valence-electron chi connectivity index (χ4n) is 4.24. The minimum absolute atomic E-state index is 0.101. The van der Waals surface area contributed by atoms with Crippen molar-refractivity contribution in [3.63, 3.8) is 0 Å². The molecule has 0 bridgehead atoms. The van der Waals surface area contributed by atoms with Gasteiger partial charge < -0.3 is 15.1 Å². The molecule has 0 saturated heterocycles. The average Bonchev–Trinajstić information content (AvgIpc) is 2.79. The molecule has 0 unspecified atom stereocenters. The Morgan fingerprint density at radius 3 is 2.13 bits per heavy atom. The largest absolute Gasteiger partial charge is 0.343 e. The molecule has 0 heterocycles. The predicted octanol–water partition coefficient (Wildman–Crippen LogP) is 4.40. The van der Waals surface area contributed by atoms with Crippen molar-refractivity contribution in [3.8, 4) is 0 Å². The highest BCUT2D eigenvalue weighted by Crippen LogP contribution is 2.34. The first-order valence-corrected chi connectivity index (χ1v) is 10.9. The summed E-state index contributed by atoms with van der Waals surface area (Å²) in [6.07, 6.45) is 4.64. The van der Waals surface area contributed by atoms with Gasteiger partial charge >= 0.3 is 6.03 Å². The second-order valence-corrected chi connectivity index (χ2v) is 8.24. The number of carbonyl (C=O) groups excluding carboxylic acids is 2. The maximum atomic E-state index is 12.6. The van der Waals surface area contributed by atoms with E-state index in [9.17, 15) is 9.59 Å². The summed E-state index contributed by atoms with van der Waals surface area (Å²) in [4.78, 5) is 28.4. The van der Waals surface area contributed by atoms with Crippen molar-refractivity contribution < 1.29 is 9.59 Å². The molecule has 0 radical (unpaired) electrons. The van der Waals surface area contributed by atoms with Gasteiger partial charge in [-0.3, -0.25) is 4.79 Å². The lowest BCUT2D eigenvalue weighted by Crippen LogP contribution is -2.42. The van der Waals surface area contributed by atoms with E-state index in [2.05, 4.69) is 35.6 Å². The SMILES string of the molecule is CN(Cc1ccccc1)C(=O)NCCC(=O)N(C)C1CCC(c2ccccc2)CC1. The summed E-state index contributed by atoms with van der Waals surface area (Å²) in [6.45, 7) is 0.908. The van der Waals surface area contributed by atoms with Gasteiger partial charge in [-0.2, -0.15) is 0 Å². The van der Waals surface area contributed by atoms with Gasteiger partial charge in [0, 0.05) is 39.6 Å². The number of hydrogen-bond acceptors (Lipinski definition) is 2. The van der Waals surface area contributed by atoms with Crippen molar-refractivity contribution in [1.82, 2.24) is 15.1 Å². The highest BCUT2D eigenvalue weighted by Gasteiger charge is 2.27. The van der Waals surface area contributed by atoms with Crippen LogP contribution >= 0.6 is 0 Å². The first-order chi connectivity index (χ1) is 14.5. The normalized spacial score (nSPS) is 18.5. The Bertz CT molecular complexity index is 802. The van der Waals surface area contributed by atoms with Gasteiger partial charge in [0.05, 0.1) is 0 Å². The van der Waals surface area contributed by atoms with E-state index in [0.717, 1.165) is 31.2 Å². The Balaban J connectivity index is 1.37. The van der Waals surface area contributed by atoms with Crippen molar-refractivity contribution in [1.29, 1.82) is 0 Å². The standard InChI is InChI=1S/C25H33N3O2/c1-27(19-20-9-5-3-6-10-20)25(30)26-18-17-24(29)28(2)23-15-13-22(14-16-23)21-11-7-4-8-12-21/h3-12,22-23H,13-19H2,1-2H3,(H,26,30). The average molecular weight is 408 g/mol. The molecule has 0 aliphatic heterocycles. The highest BCUT2D eigenvalue weighted by atomic mass is 16.2. The summed E-state index contributed by atoms with van der Waals surface area (Å²) in [6, 6.07) is 20.7. The predicted molar refractivity (Wildman–Crippen MR) is 120 cm³/mol. The quantitative estimate of drug-likeness (QED) is 0.739. The van der Waals surface area contributed by atoms with Crippen LogP contribution < -0.4 is 5.32 Å². The molecule has 2 aromatic rings. The fourth-order valence-corrected chi connectivity index (χ4v) is 4.24. The van der Waals surface area contributed by atoms with Gasteiger partial charge in [-0.1, -0.05) is 60.7 Å². The van der Waals surface area contributed by atoms with Crippen LogP contribution in [0.25, 0.3) is 0 Å². The molecule has 0 atom stereocenters. The van der Waals surface area contributed by atoms with E-state index in [1.54, 1.807) is 11.9 Å². The van der Waals surface area contributed by atoms with Gasteiger partial charge in [0.1, 0.15) is 0 Å². The smallest absolute Gasteiger partial charge is 0.317 e. The van der Waals surface area contributed by atoms with E-state index in [-0.39, 0.29) is 11.9 Å². The number of amides is 3. The summed E-state index contributed by atoms with van der Waals surface area (Å²) >= 11 is 0. The summed E-state index contributed by atoms with van der Waals surface area (Å²) < 4.78 is 0. The molecule has 160 valence electrons. The topological polar surface area (TPSA) is 52.7 Å². The van der Waals surface area contributed by atoms with Crippen molar-refractivity contribution in [2.75, 3.05) is 20.6 Å². The van der Waals surface area contributed by atoms with E-state index in [0.29, 0.717) is 31.5 Å². The van der Waals surface area contributed by atoms with Crippen molar-refractivity contribution in [3.05, 3.63) is 71.8 Å². The van der Waals surface area contributed by atoms with E-state index in [1.807, 2.05) is 42.3 Å². The zero-order valence-electron chi connectivity index (χ0n) is 18.1. The maximum absolute atomic E-state index is 12.6. The molecular weight excluding hydrogens is 374 g/mol. The summed E-state index contributed by atoms with van der Waals surface area (Å²) in [5, 5.41) is 2.86. The molecule has 1 saturated carbocycles. The van der Waals surface area contributed by atoms with Crippen molar-refractivity contribution in [2.24, 2.45) is 0 Å². The summed E-state index contributed by atoms with van der Waals surface area (Å²) in [7, 11) is 3.67. The van der Waals surface area contributed by atoms with Crippen molar-refractivity contribution in [2.45, 2.75) is 50.6 Å². The molecule has 5 nitrogen and oxygen atoms in total. The van der Waals surface area contributed by atoms with E-state index >= 15 is 0 Å². The van der Waals surface area contributed by atoms with Gasteiger partial charge in [-0.15, -0.1) is 0 Å². The third-order valence-corrected chi connectivity index (χ3v) is 6.13. The number of benzene rings is 2. The second-order valence-electron chi connectivity index (χ2n) is 8.24. The number of hydrogen-bond donors (Lipinski definition) is 1. The fraction of sp³-hybridized carbons (Fsp3) is 0.440. The molecule has 3 amide bonds. The first kappa shape index (κ1) is 21.9. The molecule has 0 spiro atoms. The van der Waals surface area contributed by atoms with Crippen LogP contribution in [0.4, 0.5) is 4.79 Å². The van der Waals surface area contributed by atoms with E-state index < -0.39 is 0 Å². The van der Waals surface area contributed by atoms with Crippen LogP contribution in [-0.4, -0.2) is 48.4 Å². The first-order valence-electron chi connectivity index (χ1n) is 10.9. The Kier molecular flexibility index (Phi) is 7.89. The zero-order chi connectivity index (χ0) is 21.3. The highest BCUT2D eigenvalue weighted by molar-refractivity contribution is 5.78. The molecule has 1 aliphatic rings. The maximum Gasteiger partial charge on any atom is 0.317 e. The zero-order valence-corrected chi connectivity index (χ0v) is 18.1. The second kappa shape index (κ2) is 10.8. The van der Waals surface area contributed by atoms with Crippen molar-refractivity contribution >= 4 is 11.9 Å². The van der Waals surface area contributed by atoms with Crippen LogP contribution in [0.1, 0.15) is 49.1 Å². The summed E-state index contributed by atoms with van der Waals surface area (Å²) in [5.74, 6) is 0.703. The summed E-state index contributed by atoms with van der Waals surface area (Å²) in [5.41, 5.74) is 2.49. The lowest BCUT2D eigenvalue weighted by molar-refractivity contribution is -0.132. The third kappa shape index (κ3) is 6.09. The van der Waals surface area contributed by atoms with Crippen LogP contribution in [-0.2, 0) is 11.3 Å². The molecule has 0 aromatic heterocycles. The van der Waals surface area contributed by atoms with Crippen LogP contribution in [0, 0.1) is 0 Å². The van der Waals surface area contributed by atoms with E-state index in [1.165, 1.54) is 5.56 Å². The van der Waals surface area contributed by atoms with Gasteiger partial charge in [0.2, 0.25) is 5.91 Å². The van der Waals surface area contributed by atoms with Crippen LogP contribution in [0.3, 0.4) is 0 Å². The molecule has 2 aromatic carbocycles. The Labute approximate surface area is 180 Å².